The first-order valence-corrected chi connectivity index (χ1v) is 5.08. The Kier molecular flexibility index (Phi) is 4.46. The highest BCUT2D eigenvalue weighted by Crippen LogP contribution is 2.15. The van der Waals surface area contributed by atoms with Gasteiger partial charge in [0.05, 0.1) is 13.5 Å². The maximum Gasteiger partial charge on any atom is 0.307 e. The highest BCUT2D eigenvalue weighted by Gasteiger charge is 1.99. The molecule has 0 aliphatic carbocycles. The molecule has 1 N–H and O–H groups in total. The molecule has 1 rings (SSSR count). The fourth-order valence-corrected chi connectivity index (χ4v) is 1.41. The number of ether oxygens (including phenoxy) is 1. The molecule has 0 aliphatic rings. The molecule has 0 saturated heterocycles. The molecule has 0 bridgehead atoms. The number of benzene rings is 1. The molecule has 0 fully saturated rings. The van der Waals surface area contributed by atoms with E-state index < -0.39 is 0 Å². The number of hydrogen-bond donors (Lipinski definition) is 1. The third kappa shape index (κ3) is 3.79. The Hall–Kier alpha value is -1.03. The normalized spacial score (nSPS) is 9.57. The Morgan fingerprint density at radius 3 is 3.00 bits per heavy atom. The second-order valence-electron chi connectivity index (χ2n) is 2.76. The number of nitrogens with one attached hydrogen (secondary N) is 1. The predicted molar refractivity (Wildman–Crippen MR) is 59.3 cm³/mol. The van der Waals surface area contributed by atoms with Crippen LogP contribution in [0, 0.1) is 0 Å². The van der Waals surface area contributed by atoms with Gasteiger partial charge in [-0.3, -0.25) is 4.79 Å². The Labute approximate surface area is 91.6 Å². The maximum atomic E-state index is 10.8. The maximum absolute atomic E-state index is 10.8. The van der Waals surface area contributed by atoms with Crippen LogP contribution in [0.15, 0.2) is 28.7 Å². The Morgan fingerprint density at radius 2 is 2.36 bits per heavy atom. The molecule has 0 amide bonds. The van der Waals surface area contributed by atoms with Crippen molar-refractivity contribution >= 4 is 27.6 Å². The topological polar surface area (TPSA) is 38.3 Å². The van der Waals surface area contributed by atoms with Crippen LogP contribution in [0.5, 0.6) is 0 Å². The van der Waals surface area contributed by atoms with Crippen LogP contribution in [0.25, 0.3) is 0 Å². The van der Waals surface area contributed by atoms with Crippen molar-refractivity contribution in [1.29, 1.82) is 0 Å². The smallest absolute Gasteiger partial charge is 0.307 e. The van der Waals surface area contributed by atoms with Gasteiger partial charge in [0.2, 0.25) is 0 Å². The van der Waals surface area contributed by atoms with E-state index in [9.17, 15) is 4.79 Å². The van der Waals surface area contributed by atoms with Crippen LogP contribution in [-0.2, 0) is 9.53 Å². The first-order chi connectivity index (χ1) is 6.72. The van der Waals surface area contributed by atoms with Gasteiger partial charge in [0.25, 0.3) is 0 Å². The Morgan fingerprint density at radius 1 is 1.57 bits per heavy atom. The number of halogens is 1. The molecular formula is C10H12BrNO2. The van der Waals surface area contributed by atoms with E-state index in [0.29, 0.717) is 13.0 Å². The van der Waals surface area contributed by atoms with Crippen molar-refractivity contribution in [3.63, 3.8) is 0 Å². The molecule has 0 atom stereocenters. The number of carbonyl (C=O) groups excluding carboxylic acids is 1. The highest BCUT2D eigenvalue weighted by molar-refractivity contribution is 9.10. The molecule has 0 unspecified atom stereocenters. The molecule has 14 heavy (non-hydrogen) atoms. The summed E-state index contributed by atoms with van der Waals surface area (Å²) < 4.78 is 5.54. The van der Waals surface area contributed by atoms with Crippen molar-refractivity contribution in [1.82, 2.24) is 0 Å². The zero-order valence-corrected chi connectivity index (χ0v) is 9.50. The average Bonchev–Trinajstić information content (AvgIpc) is 2.17. The molecular weight excluding hydrogens is 246 g/mol. The van der Waals surface area contributed by atoms with Crippen LogP contribution in [0.3, 0.4) is 0 Å². The van der Waals surface area contributed by atoms with E-state index in [1.807, 2.05) is 24.3 Å². The molecule has 1 aromatic carbocycles. The van der Waals surface area contributed by atoms with Gasteiger partial charge in [-0.2, -0.15) is 0 Å². The summed E-state index contributed by atoms with van der Waals surface area (Å²) in [6.45, 7) is 0.586. The predicted octanol–water partition coefficient (Wildman–Crippen LogP) is 2.42. The van der Waals surface area contributed by atoms with E-state index in [-0.39, 0.29) is 5.97 Å². The van der Waals surface area contributed by atoms with Gasteiger partial charge in [-0.1, -0.05) is 22.0 Å². The minimum Gasteiger partial charge on any atom is -0.469 e. The van der Waals surface area contributed by atoms with Crippen LogP contribution in [0.4, 0.5) is 5.69 Å². The van der Waals surface area contributed by atoms with Crippen molar-refractivity contribution < 1.29 is 9.53 Å². The molecule has 3 nitrogen and oxygen atoms in total. The molecule has 4 heteroatoms. The van der Waals surface area contributed by atoms with Gasteiger partial charge in [-0.25, -0.2) is 0 Å². The highest BCUT2D eigenvalue weighted by atomic mass is 79.9. The second kappa shape index (κ2) is 5.65. The summed E-state index contributed by atoms with van der Waals surface area (Å²) in [6, 6.07) is 7.79. The van der Waals surface area contributed by atoms with Crippen molar-refractivity contribution in [2.24, 2.45) is 0 Å². The Balaban J connectivity index is 2.35. The molecule has 0 saturated carbocycles. The lowest BCUT2D eigenvalue weighted by molar-refractivity contribution is -0.140. The quantitative estimate of drug-likeness (QED) is 0.843. The van der Waals surface area contributed by atoms with E-state index in [2.05, 4.69) is 26.0 Å². The van der Waals surface area contributed by atoms with Gasteiger partial charge < -0.3 is 10.1 Å². The monoisotopic (exact) mass is 257 g/mol. The molecule has 0 aromatic heterocycles. The Bertz CT molecular complexity index is 315. The van der Waals surface area contributed by atoms with Crippen molar-refractivity contribution in [3.05, 3.63) is 28.7 Å². The van der Waals surface area contributed by atoms with Gasteiger partial charge in [0, 0.05) is 16.7 Å². The number of anilines is 1. The molecule has 1 aromatic rings. The fourth-order valence-electron chi connectivity index (χ4n) is 1.01. The summed E-state index contributed by atoms with van der Waals surface area (Å²) in [5.74, 6) is -0.201. The lowest BCUT2D eigenvalue weighted by atomic mass is 10.3. The van der Waals surface area contributed by atoms with Crippen LogP contribution < -0.4 is 5.32 Å². The largest absolute Gasteiger partial charge is 0.469 e. The van der Waals surface area contributed by atoms with Crippen molar-refractivity contribution in [3.8, 4) is 0 Å². The zero-order chi connectivity index (χ0) is 10.4. The number of carbonyl (C=O) groups is 1. The lowest BCUT2D eigenvalue weighted by Gasteiger charge is -2.05. The minimum absolute atomic E-state index is 0.201. The van der Waals surface area contributed by atoms with Gasteiger partial charge in [-0.05, 0) is 18.2 Å². The first kappa shape index (κ1) is 11.0. The minimum atomic E-state index is -0.201. The molecule has 0 heterocycles. The SMILES string of the molecule is COC(=O)CCNc1cccc(Br)c1. The molecule has 0 aliphatic heterocycles. The fraction of sp³-hybridized carbons (Fsp3) is 0.300. The van der Waals surface area contributed by atoms with Gasteiger partial charge in [0.15, 0.2) is 0 Å². The van der Waals surface area contributed by atoms with Crippen LogP contribution in [0.2, 0.25) is 0 Å². The van der Waals surface area contributed by atoms with Crippen LogP contribution in [0.1, 0.15) is 6.42 Å². The number of rotatable bonds is 4. The zero-order valence-electron chi connectivity index (χ0n) is 7.92. The van der Waals surface area contributed by atoms with E-state index in [4.69, 9.17) is 0 Å². The number of methoxy groups -OCH3 is 1. The number of hydrogen-bond acceptors (Lipinski definition) is 3. The van der Waals surface area contributed by atoms with E-state index >= 15 is 0 Å². The van der Waals surface area contributed by atoms with Crippen LogP contribution >= 0.6 is 15.9 Å². The summed E-state index contributed by atoms with van der Waals surface area (Å²) in [5, 5.41) is 3.12. The summed E-state index contributed by atoms with van der Waals surface area (Å²) >= 11 is 3.37. The van der Waals surface area contributed by atoms with Crippen molar-refractivity contribution in [2.75, 3.05) is 19.0 Å². The third-order valence-corrected chi connectivity index (χ3v) is 2.20. The van der Waals surface area contributed by atoms with Gasteiger partial charge in [-0.15, -0.1) is 0 Å². The third-order valence-electron chi connectivity index (χ3n) is 1.71. The summed E-state index contributed by atoms with van der Waals surface area (Å²) in [5.41, 5.74) is 0.989. The van der Waals surface area contributed by atoms with Crippen LogP contribution in [-0.4, -0.2) is 19.6 Å². The molecule has 0 radical (unpaired) electrons. The molecule has 0 spiro atoms. The summed E-state index contributed by atoms with van der Waals surface area (Å²) in [7, 11) is 1.39. The van der Waals surface area contributed by atoms with Crippen molar-refractivity contribution in [2.45, 2.75) is 6.42 Å². The standard InChI is InChI=1S/C10H12BrNO2/c1-14-10(13)5-6-12-9-4-2-3-8(11)7-9/h2-4,7,12H,5-6H2,1H3. The molecule has 76 valence electrons. The summed E-state index contributed by atoms with van der Waals surface area (Å²) in [6.07, 6.45) is 0.378. The summed E-state index contributed by atoms with van der Waals surface area (Å²) in [4.78, 5) is 10.8. The van der Waals surface area contributed by atoms with E-state index in [1.54, 1.807) is 0 Å². The van der Waals surface area contributed by atoms with Gasteiger partial charge >= 0.3 is 5.97 Å². The number of esters is 1. The van der Waals surface area contributed by atoms with Gasteiger partial charge in [0.1, 0.15) is 0 Å². The van der Waals surface area contributed by atoms with E-state index in [1.165, 1.54) is 7.11 Å². The lowest BCUT2D eigenvalue weighted by Crippen LogP contribution is -2.09. The van der Waals surface area contributed by atoms with E-state index in [0.717, 1.165) is 10.2 Å². The first-order valence-electron chi connectivity index (χ1n) is 4.28. The second-order valence-corrected chi connectivity index (χ2v) is 3.68. The average molecular weight is 258 g/mol.